The lowest BCUT2D eigenvalue weighted by molar-refractivity contribution is -0.125. The Labute approximate surface area is 84.3 Å². The number of allylic oxidation sites excluding steroid dienone is 1. The second-order valence-electron chi connectivity index (χ2n) is 3.89. The lowest BCUT2D eigenvalue weighted by Crippen LogP contribution is -2.63. The summed E-state index contributed by atoms with van der Waals surface area (Å²) in [4.78, 5) is 11.6. The third-order valence-electron chi connectivity index (χ3n) is 2.86. The molecule has 0 aromatic heterocycles. The Bertz CT molecular complexity index is 272. The standard InChI is InChI=1S/C11H16N2O/c1-2-5-10-11(14)13-9-7-4-3-6-8(9)12-10/h2,4,7-10,12H,1,3,5-6H2,(H,13,14). The first-order valence-electron chi connectivity index (χ1n) is 5.15. The molecule has 76 valence electrons. The van der Waals surface area contributed by atoms with Crippen LogP contribution >= 0.6 is 0 Å². The van der Waals surface area contributed by atoms with E-state index in [-0.39, 0.29) is 18.0 Å². The number of hydrogen-bond donors (Lipinski definition) is 2. The quantitative estimate of drug-likeness (QED) is 0.633. The van der Waals surface area contributed by atoms with Gasteiger partial charge in [-0.1, -0.05) is 18.2 Å². The van der Waals surface area contributed by atoms with E-state index in [1.807, 2.05) is 0 Å². The van der Waals surface area contributed by atoms with Crippen LogP contribution in [0.1, 0.15) is 19.3 Å². The molecule has 0 bridgehead atoms. The van der Waals surface area contributed by atoms with Gasteiger partial charge in [0.2, 0.25) is 5.91 Å². The van der Waals surface area contributed by atoms with Crippen LogP contribution in [0.2, 0.25) is 0 Å². The van der Waals surface area contributed by atoms with Crippen LogP contribution in [0.4, 0.5) is 0 Å². The highest BCUT2D eigenvalue weighted by molar-refractivity contribution is 5.83. The van der Waals surface area contributed by atoms with Crippen molar-refractivity contribution < 1.29 is 4.79 Å². The number of nitrogens with one attached hydrogen (secondary N) is 2. The molecule has 3 unspecified atom stereocenters. The predicted molar refractivity (Wildman–Crippen MR) is 55.8 cm³/mol. The highest BCUT2D eigenvalue weighted by Crippen LogP contribution is 2.16. The number of carbonyl (C=O) groups is 1. The highest BCUT2D eigenvalue weighted by Gasteiger charge is 2.33. The van der Waals surface area contributed by atoms with Gasteiger partial charge in [-0.3, -0.25) is 4.79 Å². The van der Waals surface area contributed by atoms with E-state index in [1.54, 1.807) is 6.08 Å². The molecule has 0 spiro atoms. The maximum Gasteiger partial charge on any atom is 0.237 e. The summed E-state index contributed by atoms with van der Waals surface area (Å²) in [6, 6.07) is 0.514. The molecule has 1 aliphatic carbocycles. The van der Waals surface area contributed by atoms with Crippen molar-refractivity contribution in [3.63, 3.8) is 0 Å². The molecule has 2 rings (SSSR count). The van der Waals surface area contributed by atoms with Gasteiger partial charge in [0.05, 0.1) is 12.1 Å². The molecule has 1 aliphatic heterocycles. The van der Waals surface area contributed by atoms with Crippen LogP contribution in [0.3, 0.4) is 0 Å². The van der Waals surface area contributed by atoms with Crippen molar-refractivity contribution in [1.82, 2.24) is 10.6 Å². The number of hydrogen-bond acceptors (Lipinski definition) is 2. The molecule has 0 aromatic carbocycles. The van der Waals surface area contributed by atoms with E-state index in [0.29, 0.717) is 12.5 Å². The van der Waals surface area contributed by atoms with Crippen LogP contribution in [-0.4, -0.2) is 24.0 Å². The SMILES string of the molecule is C=CCC1NC2CCC=CC2NC1=O. The summed E-state index contributed by atoms with van der Waals surface area (Å²) in [6.07, 6.45) is 8.93. The molecule has 1 amide bonds. The summed E-state index contributed by atoms with van der Waals surface area (Å²) >= 11 is 0. The van der Waals surface area contributed by atoms with Crippen molar-refractivity contribution >= 4 is 5.91 Å². The molecular weight excluding hydrogens is 176 g/mol. The summed E-state index contributed by atoms with van der Waals surface area (Å²) in [6.45, 7) is 3.66. The fraction of sp³-hybridized carbons (Fsp3) is 0.545. The molecule has 0 radical (unpaired) electrons. The largest absolute Gasteiger partial charge is 0.347 e. The van der Waals surface area contributed by atoms with Crippen molar-refractivity contribution in [3.05, 3.63) is 24.8 Å². The van der Waals surface area contributed by atoms with E-state index in [2.05, 4.69) is 29.4 Å². The Morgan fingerprint density at radius 3 is 3.29 bits per heavy atom. The summed E-state index contributed by atoms with van der Waals surface area (Å²) in [7, 11) is 0. The molecule has 0 aromatic rings. The Hall–Kier alpha value is -1.09. The lowest BCUT2D eigenvalue weighted by Gasteiger charge is -2.37. The van der Waals surface area contributed by atoms with E-state index in [0.717, 1.165) is 12.8 Å². The minimum Gasteiger partial charge on any atom is -0.347 e. The third-order valence-corrected chi connectivity index (χ3v) is 2.86. The van der Waals surface area contributed by atoms with Gasteiger partial charge < -0.3 is 10.6 Å². The van der Waals surface area contributed by atoms with Crippen molar-refractivity contribution in [3.8, 4) is 0 Å². The minimum atomic E-state index is -0.0831. The normalized spacial score (nSPS) is 36.0. The van der Waals surface area contributed by atoms with E-state index in [9.17, 15) is 4.79 Å². The molecule has 2 N–H and O–H groups in total. The monoisotopic (exact) mass is 192 g/mol. The van der Waals surface area contributed by atoms with Gasteiger partial charge in [-0.15, -0.1) is 6.58 Å². The van der Waals surface area contributed by atoms with Gasteiger partial charge in [-0.2, -0.15) is 0 Å². The van der Waals surface area contributed by atoms with E-state index in [4.69, 9.17) is 0 Å². The van der Waals surface area contributed by atoms with Gasteiger partial charge in [-0.25, -0.2) is 0 Å². The molecule has 14 heavy (non-hydrogen) atoms. The highest BCUT2D eigenvalue weighted by atomic mass is 16.2. The van der Waals surface area contributed by atoms with Gasteiger partial charge in [0.15, 0.2) is 0 Å². The topological polar surface area (TPSA) is 41.1 Å². The summed E-state index contributed by atoms with van der Waals surface area (Å²) in [5.74, 6) is 0.0951. The van der Waals surface area contributed by atoms with Crippen LogP contribution in [0.25, 0.3) is 0 Å². The second kappa shape index (κ2) is 3.96. The predicted octanol–water partition coefficient (Wildman–Crippen LogP) is 0.738. The van der Waals surface area contributed by atoms with Crippen molar-refractivity contribution in [2.75, 3.05) is 0 Å². The van der Waals surface area contributed by atoms with E-state index >= 15 is 0 Å². The maximum absolute atomic E-state index is 11.6. The van der Waals surface area contributed by atoms with Crippen molar-refractivity contribution in [1.29, 1.82) is 0 Å². The Kier molecular flexibility index (Phi) is 2.68. The molecule has 1 heterocycles. The summed E-state index contributed by atoms with van der Waals surface area (Å²) in [5.41, 5.74) is 0. The molecule has 2 aliphatic rings. The van der Waals surface area contributed by atoms with Gasteiger partial charge in [0.1, 0.15) is 0 Å². The van der Waals surface area contributed by atoms with Gasteiger partial charge in [-0.05, 0) is 19.3 Å². The Morgan fingerprint density at radius 1 is 1.64 bits per heavy atom. The fourth-order valence-electron chi connectivity index (χ4n) is 2.11. The minimum absolute atomic E-state index is 0.0831. The Morgan fingerprint density at radius 2 is 2.50 bits per heavy atom. The van der Waals surface area contributed by atoms with Gasteiger partial charge in [0.25, 0.3) is 0 Å². The summed E-state index contributed by atoms with van der Waals surface area (Å²) < 4.78 is 0. The van der Waals surface area contributed by atoms with Crippen molar-refractivity contribution in [2.24, 2.45) is 0 Å². The first-order chi connectivity index (χ1) is 6.81. The Balaban J connectivity index is 2.05. The molecule has 0 saturated carbocycles. The lowest BCUT2D eigenvalue weighted by atomic mass is 9.92. The zero-order valence-corrected chi connectivity index (χ0v) is 8.20. The van der Waals surface area contributed by atoms with Crippen LogP contribution in [0, 0.1) is 0 Å². The molecule has 3 atom stereocenters. The number of rotatable bonds is 2. The molecular formula is C11H16N2O. The zero-order valence-electron chi connectivity index (χ0n) is 8.20. The smallest absolute Gasteiger partial charge is 0.237 e. The molecule has 3 nitrogen and oxygen atoms in total. The first kappa shape index (κ1) is 9.46. The third kappa shape index (κ3) is 1.73. The van der Waals surface area contributed by atoms with Gasteiger partial charge in [0, 0.05) is 6.04 Å². The van der Waals surface area contributed by atoms with E-state index in [1.165, 1.54) is 0 Å². The number of fused-ring (bicyclic) bond motifs is 1. The van der Waals surface area contributed by atoms with Crippen LogP contribution < -0.4 is 10.6 Å². The number of amides is 1. The van der Waals surface area contributed by atoms with Crippen LogP contribution in [-0.2, 0) is 4.79 Å². The van der Waals surface area contributed by atoms with Crippen LogP contribution in [0.15, 0.2) is 24.8 Å². The zero-order chi connectivity index (χ0) is 9.97. The van der Waals surface area contributed by atoms with Crippen LogP contribution in [0.5, 0.6) is 0 Å². The maximum atomic E-state index is 11.6. The van der Waals surface area contributed by atoms with Crippen molar-refractivity contribution in [2.45, 2.75) is 37.4 Å². The average molecular weight is 192 g/mol. The second-order valence-corrected chi connectivity index (χ2v) is 3.89. The first-order valence-corrected chi connectivity index (χ1v) is 5.15. The fourth-order valence-corrected chi connectivity index (χ4v) is 2.11. The average Bonchev–Trinajstić information content (AvgIpc) is 2.19. The van der Waals surface area contributed by atoms with Gasteiger partial charge >= 0.3 is 0 Å². The molecule has 3 heteroatoms. The van der Waals surface area contributed by atoms with E-state index < -0.39 is 0 Å². The number of carbonyl (C=O) groups excluding carboxylic acids is 1. The number of piperazine rings is 1. The summed E-state index contributed by atoms with van der Waals surface area (Å²) in [5, 5.41) is 6.39. The molecule has 1 saturated heterocycles. The molecule has 1 fully saturated rings.